The molecule has 150 valence electrons. The number of rotatable bonds is 6. The van der Waals surface area contributed by atoms with Crippen molar-refractivity contribution in [3.8, 4) is 5.75 Å². The van der Waals surface area contributed by atoms with Crippen molar-refractivity contribution in [2.24, 2.45) is 13.0 Å². The molecular weight excluding hydrogens is 356 g/mol. The van der Waals surface area contributed by atoms with Crippen LogP contribution in [0.5, 0.6) is 5.75 Å². The molecule has 3 rings (SSSR count). The minimum absolute atomic E-state index is 0.0973. The summed E-state index contributed by atoms with van der Waals surface area (Å²) in [5, 5.41) is 6.99. The Balaban J connectivity index is 1.44. The summed E-state index contributed by atoms with van der Waals surface area (Å²) in [6, 6.07) is 5.91. The van der Waals surface area contributed by atoms with E-state index in [1.807, 2.05) is 30.0 Å². The van der Waals surface area contributed by atoms with Gasteiger partial charge in [-0.3, -0.25) is 14.3 Å². The fourth-order valence-corrected chi connectivity index (χ4v) is 3.52. The van der Waals surface area contributed by atoms with Crippen molar-refractivity contribution in [2.75, 3.05) is 26.7 Å². The average molecular weight is 384 g/mol. The number of amides is 2. The van der Waals surface area contributed by atoms with E-state index in [0.29, 0.717) is 24.4 Å². The molecule has 0 bridgehead atoms. The van der Waals surface area contributed by atoms with E-state index in [9.17, 15) is 9.59 Å². The summed E-state index contributed by atoms with van der Waals surface area (Å²) >= 11 is 0. The van der Waals surface area contributed by atoms with Crippen molar-refractivity contribution in [2.45, 2.75) is 26.2 Å². The monoisotopic (exact) mass is 384 g/mol. The summed E-state index contributed by atoms with van der Waals surface area (Å²) in [5.41, 5.74) is 2.61. The van der Waals surface area contributed by atoms with Gasteiger partial charge >= 0.3 is 0 Å². The molecule has 2 amide bonds. The van der Waals surface area contributed by atoms with E-state index in [1.54, 1.807) is 31.2 Å². The summed E-state index contributed by atoms with van der Waals surface area (Å²) in [4.78, 5) is 26.7. The molecule has 1 saturated heterocycles. The van der Waals surface area contributed by atoms with Gasteiger partial charge in [-0.05, 0) is 42.9 Å². The number of nitrogens with one attached hydrogen (secondary N) is 1. The Labute approximate surface area is 165 Å². The third kappa shape index (κ3) is 4.91. The molecular formula is C21H28N4O3. The van der Waals surface area contributed by atoms with Crippen LogP contribution >= 0.6 is 0 Å². The Hall–Kier alpha value is -2.83. The fourth-order valence-electron chi connectivity index (χ4n) is 3.52. The average Bonchev–Trinajstić information content (AvgIpc) is 3.14. The van der Waals surface area contributed by atoms with Gasteiger partial charge in [0.05, 0.1) is 25.3 Å². The van der Waals surface area contributed by atoms with Crippen molar-refractivity contribution < 1.29 is 14.3 Å². The molecule has 2 aromatic rings. The fraction of sp³-hybridized carbons (Fsp3) is 0.476. The van der Waals surface area contributed by atoms with E-state index >= 15 is 0 Å². The first kappa shape index (κ1) is 19.9. The van der Waals surface area contributed by atoms with Crippen LogP contribution in [-0.2, 0) is 18.3 Å². The van der Waals surface area contributed by atoms with Crippen LogP contribution in [-0.4, -0.2) is 53.2 Å². The summed E-state index contributed by atoms with van der Waals surface area (Å²) in [6.07, 6.45) is 5.46. The predicted molar refractivity (Wildman–Crippen MR) is 106 cm³/mol. The molecule has 0 saturated carbocycles. The molecule has 1 aliphatic rings. The number of hydrogen-bond acceptors (Lipinski definition) is 4. The van der Waals surface area contributed by atoms with Gasteiger partial charge in [-0.25, -0.2) is 0 Å². The lowest BCUT2D eigenvalue weighted by Crippen LogP contribution is -2.42. The number of likely N-dealkylation sites (tertiary alicyclic amines) is 1. The number of aryl methyl sites for hydroxylation is 2. The molecule has 1 N–H and O–H groups in total. The van der Waals surface area contributed by atoms with E-state index < -0.39 is 0 Å². The van der Waals surface area contributed by atoms with E-state index in [4.69, 9.17) is 4.74 Å². The zero-order chi connectivity index (χ0) is 20.1. The number of carbonyl (C=O) groups is 2. The van der Waals surface area contributed by atoms with Crippen LogP contribution in [0, 0.1) is 12.8 Å². The van der Waals surface area contributed by atoms with Crippen LogP contribution in [0.25, 0.3) is 0 Å². The van der Waals surface area contributed by atoms with E-state index in [2.05, 4.69) is 10.4 Å². The molecule has 0 atom stereocenters. The van der Waals surface area contributed by atoms with Gasteiger partial charge in [0.15, 0.2) is 0 Å². The Bertz CT molecular complexity index is 838. The maximum absolute atomic E-state index is 12.6. The molecule has 0 spiro atoms. The summed E-state index contributed by atoms with van der Waals surface area (Å²) in [6.45, 7) is 4.08. The third-order valence-corrected chi connectivity index (χ3v) is 5.31. The third-order valence-electron chi connectivity index (χ3n) is 5.31. The van der Waals surface area contributed by atoms with E-state index in [0.717, 1.165) is 42.8 Å². The number of hydrogen-bond donors (Lipinski definition) is 1. The molecule has 1 aromatic carbocycles. The maximum atomic E-state index is 12.6. The van der Waals surface area contributed by atoms with Gasteiger partial charge in [0.25, 0.3) is 5.91 Å². The molecule has 7 nitrogen and oxygen atoms in total. The maximum Gasteiger partial charge on any atom is 0.254 e. The SMILES string of the molecule is COc1cc(CC(=O)N2CCC(CNC(=O)c3cnn(C)c3)CC2)ccc1C. The Morgan fingerprint density at radius 2 is 2.04 bits per heavy atom. The van der Waals surface area contributed by atoms with Gasteiger partial charge in [-0.1, -0.05) is 12.1 Å². The highest BCUT2D eigenvalue weighted by atomic mass is 16.5. The van der Waals surface area contributed by atoms with Gasteiger partial charge < -0.3 is 15.0 Å². The lowest BCUT2D eigenvalue weighted by molar-refractivity contribution is -0.131. The highest BCUT2D eigenvalue weighted by Crippen LogP contribution is 2.21. The molecule has 0 radical (unpaired) electrons. The topological polar surface area (TPSA) is 76.5 Å². The number of piperidine rings is 1. The minimum Gasteiger partial charge on any atom is -0.496 e. The number of methoxy groups -OCH3 is 1. The van der Waals surface area contributed by atoms with Crippen LogP contribution in [0.2, 0.25) is 0 Å². The first-order valence-electron chi connectivity index (χ1n) is 9.64. The van der Waals surface area contributed by atoms with Gasteiger partial charge in [-0.2, -0.15) is 5.10 Å². The first-order chi connectivity index (χ1) is 13.5. The van der Waals surface area contributed by atoms with Crippen molar-refractivity contribution in [1.29, 1.82) is 0 Å². The number of carbonyl (C=O) groups excluding carboxylic acids is 2. The highest BCUT2D eigenvalue weighted by molar-refractivity contribution is 5.93. The normalized spacial score (nSPS) is 14.8. The second-order valence-corrected chi connectivity index (χ2v) is 7.42. The van der Waals surface area contributed by atoms with E-state index in [1.165, 1.54) is 0 Å². The number of aromatic nitrogens is 2. The summed E-state index contributed by atoms with van der Waals surface area (Å²) < 4.78 is 6.96. The zero-order valence-electron chi connectivity index (χ0n) is 16.8. The van der Waals surface area contributed by atoms with Gasteiger partial charge in [-0.15, -0.1) is 0 Å². The summed E-state index contributed by atoms with van der Waals surface area (Å²) in [7, 11) is 3.43. The van der Waals surface area contributed by atoms with Gasteiger partial charge in [0, 0.05) is 32.9 Å². The molecule has 0 unspecified atom stereocenters. The largest absolute Gasteiger partial charge is 0.496 e. The van der Waals surface area contributed by atoms with Crippen LogP contribution in [0.15, 0.2) is 30.6 Å². The number of benzene rings is 1. The quantitative estimate of drug-likeness (QED) is 0.826. The van der Waals surface area contributed by atoms with Crippen molar-refractivity contribution in [3.05, 3.63) is 47.3 Å². The molecule has 2 heterocycles. The van der Waals surface area contributed by atoms with Gasteiger partial charge in [0.2, 0.25) is 5.91 Å². The number of nitrogens with zero attached hydrogens (tertiary/aromatic N) is 3. The van der Waals surface area contributed by atoms with Crippen molar-refractivity contribution in [3.63, 3.8) is 0 Å². The van der Waals surface area contributed by atoms with Crippen molar-refractivity contribution in [1.82, 2.24) is 20.0 Å². The molecule has 7 heteroatoms. The molecule has 1 aliphatic heterocycles. The smallest absolute Gasteiger partial charge is 0.254 e. The summed E-state index contributed by atoms with van der Waals surface area (Å²) in [5.74, 6) is 1.25. The first-order valence-corrected chi connectivity index (χ1v) is 9.64. The highest BCUT2D eigenvalue weighted by Gasteiger charge is 2.23. The molecule has 1 aromatic heterocycles. The lowest BCUT2D eigenvalue weighted by atomic mass is 9.96. The lowest BCUT2D eigenvalue weighted by Gasteiger charge is -2.32. The van der Waals surface area contributed by atoms with E-state index in [-0.39, 0.29) is 11.8 Å². The molecule has 0 aliphatic carbocycles. The van der Waals surface area contributed by atoms with Crippen LogP contribution in [0.1, 0.15) is 34.3 Å². The van der Waals surface area contributed by atoms with Crippen LogP contribution in [0.4, 0.5) is 0 Å². The predicted octanol–water partition coefficient (Wildman–Crippen LogP) is 1.95. The Morgan fingerprint density at radius 1 is 1.29 bits per heavy atom. The van der Waals surface area contributed by atoms with Crippen molar-refractivity contribution >= 4 is 11.8 Å². The zero-order valence-corrected chi connectivity index (χ0v) is 16.8. The molecule has 1 fully saturated rings. The second-order valence-electron chi connectivity index (χ2n) is 7.42. The van der Waals surface area contributed by atoms with Crippen LogP contribution in [0.3, 0.4) is 0 Å². The Kier molecular flexibility index (Phi) is 6.34. The molecule has 28 heavy (non-hydrogen) atoms. The van der Waals surface area contributed by atoms with Gasteiger partial charge in [0.1, 0.15) is 5.75 Å². The Morgan fingerprint density at radius 3 is 2.68 bits per heavy atom. The van der Waals surface area contributed by atoms with Crippen LogP contribution < -0.4 is 10.1 Å². The second kappa shape index (κ2) is 8.91. The number of ether oxygens (including phenoxy) is 1. The minimum atomic E-state index is -0.0973. The standard InChI is InChI=1S/C21H28N4O3/c1-15-4-5-17(10-19(15)28-3)11-20(26)25-8-6-16(7-9-25)12-22-21(27)18-13-23-24(2)14-18/h4-5,10,13-14,16H,6-9,11-12H2,1-3H3,(H,22,27).